The Morgan fingerprint density at radius 1 is 0.400 bits per heavy atom. The van der Waals surface area contributed by atoms with Gasteiger partial charge < -0.3 is 43.7 Å². The highest BCUT2D eigenvalue weighted by molar-refractivity contribution is 5.29. The van der Waals surface area contributed by atoms with Gasteiger partial charge in [0.05, 0.1) is 99.1 Å². The maximum atomic E-state index is 8.70. The third-order valence-electron chi connectivity index (χ3n) is 3.74. The number of rotatable bonds is 21. The first-order valence-electron chi connectivity index (χ1n) is 10.2. The minimum Gasteiger partial charge on any atom is -0.394 e. The van der Waals surface area contributed by atoms with Crippen molar-refractivity contribution in [3.8, 4) is 0 Å². The Hall–Kier alpha value is -1.14. The van der Waals surface area contributed by atoms with Gasteiger partial charge in [0.1, 0.15) is 0 Å². The van der Waals surface area contributed by atoms with Crippen LogP contribution in [0.25, 0.3) is 0 Å². The summed E-state index contributed by atoms with van der Waals surface area (Å²) in [6.07, 6.45) is 0. The van der Waals surface area contributed by atoms with Crippen LogP contribution < -0.4 is 0 Å². The molecule has 0 saturated carbocycles. The fourth-order valence-electron chi connectivity index (χ4n) is 2.51. The van der Waals surface area contributed by atoms with Gasteiger partial charge in [-0.2, -0.15) is 0 Å². The van der Waals surface area contributed by atoms with E-state index in [1.54, 1.807) is 0 Å². The molecule has 9 nitrogen and oxygen atoms in total. The molecule has 1 aromatic carbocycles. The van der Waals surface area contributed by atoms with Crippen LogP contribution >= 0.6 is 0 Å². The summed E-state index contributed by atoms with van der Waals surface area (Å²) < 4.78 is 32.5. The lowest BCUT2D eigenvalue weighted by molar-refractivity contribution is 0.0246. The van der Waals surface area contributed by atoms with E-state index < -0.39 is 0 Å². The summed E-state index contributed by atoms with van der Waals surface area (Å²) in [6.45, 7) is 4.84. The molecule has 0 bridgehead atoms. The maximum absolute atomic E-state index is 8.70. The van der Waals surface area contributed by atoms with E-state index in [1.807, 2.05) is 18.2 Å². The molecule has 0 heterocycles. The molecule has 9 heteroatoms. The molecule has 174 valence electrons. The highest BCUT2D eigenvalue weighted by atomic mass is 16.5. The second-order valence-electron chi connectivity index (χ2n) is 6.32. The van der Waals surface area contributed by atoms with Gasteiger partial charge in [0.2, 0.25) is 0 Å². The van der Waals surface area contributed by atoms with Crippen LogP contribution in [0.5, 0.6) is 0 Å². The lowest BCUT2D eigenvalue weighted by atomic mass is 10.1. The zero-order valence-corrected chi connectivity index (χ0v) is 17.6. The standard InChI is InChI=1S/C21H36O9/c22-1-4-25-7-10-28-16-19-13-20(17-29-11-8-26-5-2-23)15-21(14-19)18-30-12-9-27-6-3-24/h13-15,22-24H,1-12,16-18H2. The van der Waals surface area contributed by atoms with Gasteiger partial charge in [0.15, 0.2) is 0 Å². The Balaban J connectivity index is 2.47. The predicted octanol–water partition coefficient (Wildman–Crippen LogP) is 0.263. The fourth-order valence-corrected chi connectivity index (χ4v) is 2.51. The molecule has 0 aliphatic rings. The van der Waals surface area contributed by atoms with E-state index in [9.17, 15) is 0 Å². The largest absolute Gasteiger partial charge is 0.394 e. The number of benzene rings is 1. The highest BCUT2D eigenvalue weighted by Crippen LogP contribution is 2.14. The molecule has 1 rings (SSSR count). The first-order valence-corrected chi connectivity index (χ1v) is 10.2. The molecule has 0 amide bonds. The van der Waals surface area contributed by atoms with Crippen LogP contribution in [-0.2, 0) is 48.2 Å². The highest BCUT2D eigenvalue weighted by Gasteiger charge is 2.04. The van der Waals surface area contributed by atoms with Crippen LogP contribution in [0.15, 0.2) is 18.2 Å². The third-order valence-corrected chi connectivity index (χ3v) is 3.74. The van der Waals surface area contributed by atoms with Gasteiger partial charge in [-0.3, -0.25) is 0 Å². The van der Waals surface area contributed by atoms with Crippen molar-refractivity contribution in [2.45, 2.75) is 19.8 Å². The normalized spacial score (nSPS) is 11.3. The number of aliphatic hydroxyl groups is 3. The smallest absolute Gasteiger partial charge is 0.0718 e. The van der Waals surface area contributed by atoms with Crippen LogP contribution in [0.3, 0.4) is 0 Å². The Morgan fingerprint density at radius 2 is 0.667 bits per heavy atom. The fraction of sp³-hybridized carbons (Fsp3) is 0.714. The Bertz CT molecular complexity index is 429. The summed E-state index contributed by atoms with van der Waals surface area (Å²) in [4.78, 5) is 0. The molecule has 3 N–H and O–H groups in total. The molecule has 0 radical (unpaired) electrons. The summed E-state index contributed by atoms with van der Waals surface area (Å²) in [5.41, 5.74) is 3.01. The second kappa shape index (κ2) is 19.8. The quantitative estimate of drug-likeness (QED) is 0.235. The van der Waals surface area contributed by atoms with Gasteiger partial charge in [-0.1, -0.05) is 18.2 Å². The van der Waals surface area contributed by atoms with Crippen molar-refractivity contribution >= 4 is 0 Å². The summed E-state index contributed by atoms with van der Waals surface area (Å²) in [5.74, 6) is 0. The summed E-state index contributed by atoms with van der Waals surface area (Å²) in [7, 11) is 0. The summed E-state index contributed by atoms with van der Waals surface area (Å²) in [5, 5.41) is 26.1. The number of ether oxygens (including phenoxy) is 6. The van der Waals surface area contributed by atoms with E-state index >= 15 is 0 Å². The molecule has 0 aliphatic heterocycles. The average molecular weight is 433 g/mol. The van der Waals surface area contributed by atoms with E-state index in [1.165, 1.54) is 0 Å². The minimum atomic E-state index is 0.00147. The Morgan fingerprint density at radius 3 is 0.933 bits per heavy atom. The number of aliphatic hydroxyl groups excluding tert-OH is 3. The molecule has 1 aromatic rings. The minimum absolute atomic E-state index is 0.00147. The van der Waals surface area contributed by atoms with Gasteiger partial charge in [-0.25, -0.2) is 0 Å². The van der Waals surface area contributed by atoms with Crippen molar-refractivity contribution in [1.82, 2.24) is 0 Å². The Labute approximate surface area is 178 Å². The van der Waals surface area contributed by atoms with Crippen molar-refractivity contribution in [1.29, 1.82) is 0 Å². The molecule has 0 atom stereocenters. The van der Waals surface area contributed by atoms with E-state index in [2.05, 4.69) is 0 Å². The zero-order valence-electron chi connectivity index (χ0n) is 17.6. The third kappa shape index (κ3) is 14.8. The molecule has 0 aromatic heterocycles. The van der Waals surface area contributed by atoms with Crippen LogP contribution in [0, 0.1) is 0 Å². The van der Waals surface area contributed by atoms with Crippen molar-refractivity contribution < 1.29 is 43.7 Å². The second-order valence-corrected chi connectivity index (χ2v) is 6.32. The van der Waals surface area contributed by atoms with E-state index in [4.69, 9.17) is 43.7 Å². The van der Waals surface area contributed by atoms with Gasteiger partial charge in [-0.15, -0.1) is 0 Å². The number of hydrogen-bond donors (Lipinski definition) is 3. The first kappa shape index (κ1) is 26.9. The van der Waals surface area contributed by atoms with Crippen LogP contribution in [0.4, 0.5) is 0 Å². The molecule has 0 saturated heterocycles. The molecule has 0 unspecified atom stereocenters. The van der Waals surface area contributed by atoms with Crippen LogP contribution in [0.2, 0.25) is 0 Å². The zero-order chi connectivity index (χ0) is 21.7. The Kier molecular flexibility index (Phi) is 17.8. The van der Waals surface area contributed by atoms with Crippen molar-refractivity contribution in [2.24, 2.45) is 0 Å². The lowest BCUT2D eigenvalue weighted by Gasteiger charge is -2.12. The first-order chi connectivity index (χ1) is 14.8. The molecular formula is C21H36O9. The SMILES string of the molecule is OCCOCCOCc1cc(COCCOCCO)cc(COCCOCCO)c1. The van der Waals surface area contributed by atoms with E-state index in [-0.39, 0.29) is 19.8 Å². The maximum Gasteiger partial charge on any atom is 0.0718 e. The number of hydrogen-bond acceptors (Lipinski definition) is 9. The summed E-state index contributed by atoms with van der Waals surface area (Å²) >= 11 is 0. The molecule has 0 aliphatic carbocycles. The van der Waals surface area contributed by atoms with E-state index in [0.29, 0.717) is 79.3 Å². The lowest BCUT2D eigenvalue weighted by Crippen LogP contribution is -2.09. The summed E-state index contributed by atoms with van der Waals surface area (Å²) in [6, 6.07) is 6.07. The van der Waals surface area contributed by atoms with E-state index in [0.717, 1.165) is 16.7 Å². The van der Waals surface area contributed by atoms with Gasteiger partial charge in [0.25, 0.3) is 0 Å². The molecule has 0 fully saturated rings. The van der Waals surface area contributed by atoms with Crippen molar-refractivity contribution in [3.63, 3.8) is 0 Å². The topological polar surface area (TPSA) is 116 Å². The average Bonchev–Trinajstić information content (AvgIpc) is 2.75. The molecule has 30 heavy (non-hydrogen) atoms. The molecule has 0 spiro atoms. The van der Waals surface area contributed by atoms with Crippen molar-refractivity contribution in [3.05, 3.63) is 34.9 Å². The van der Waals surface area contributed by atoms with Gasteiger partial charge >= 0.3 is 0 Å². The van der Waals surface area contributed by atoms with Gasteiger partial charge in [-0.05, 0) is 16.7 Å². The van der Waals surface area contributed by atoms with Crippen molar-refractivity contribution in [2.75, 3.05) is 79.3 Å². The van der Waals surface area contributed by atoms with Gasteiger partial charge in [0, 0.05) is 0 Å². The van der Waals surface area contributed by atoms with Crippen LogP contribution in [0.1, 0.15) is 16.7 Å². The molecular weight excluding hydrogens is 396 g/mol. The van der Waals surface area contributed by atoms with Crippen LogP contribution in [-0.4, -0.2) is 94.6 Å². The monoisotopic (exact) mass is 432 g/mol. The predicted molar refractivity (Wildman–Crippen MR) is 109 cm³/mol.